The molecule has 0 aromatic rings. The summed E-state index contributed by atoms with van der Waals surface area (Å²) >= 11 is 1.85. The highest BCUT2D eigenvalue weighted by Gasteiger charge is 2.49. The number of piperidine rings is 1. The Morgan fingerprint density at radius 1 is 1.21 bits per heavy atom. The van der Waals surface area contributed by atoms with E-state index in [1.165, 1.54) is 0 Å². The molecule has 0 aromatic carbocycles. The molecule has 0 radical (unpaired) electrons. The normalized spacial score (nSPS) is 28.0. The lowest BCUT2D eigenvalue weighted by atomic mass is 9.92. The molecule has 2 aliphatic heterocycles. The van der Waals surface area contributed by atoms with Crippen molar-refractivity contribution >= 4 is 23.6 Å². The minimum absolute atomic E-state index is 0.120. The van der Waals surface area contributed by atoms with E-state index >= 15 is 0 Å². The lowest BCUT2D eigenvalue weighted by molar-refractivity contribution is -0.145. The predicted octanol–water partition coefficient (Wildman–Crippen LogP) is 1.95. The number of hydrogen-bond acceptors (Lipinski definition) is 3. The minimum Gasteiger partial charge on any atom is -0.340 e. The largest absolute Gasteiger partial charge is 0.340 e. The molecule has 0 aliphatic carbocycles. The predicted molar refractivity (Wildman–Crippen MR) is 77.8 cm³/mol. The molecule has 0 N–H and O–H groups in total. The molecule has 0 aromatic heterocycles. The van der Waals surface area contributed by atoms with Gasteiger partial charge in [-0.15, -0.1) is 11.8 Å². The van der Waals surface area contributed by atoms with E-state index in [9.17, 15) is 9.59 Å². The Bertz CT molecular complexity index is 391. The molecule has 1 unspecified atom stereocenters. The lowest BCUT2D eigenvalue weighted by Gasteiger charge is -2.46. The van der Waals surface area contributed by atoms with Crippen LogP contribution in [0.4, 0.5) is 0 Å². The summed E-state index contributed by atoms with van der Waals surface area (Å²) in [6, 6.07) is 0. The van der Waals surface area contributed by atoms with Gasteiger partial charge in [-0.2, -0.15) is 0 Å². The molecule has 0 saturated carbocycles. The van der Waals surface area contributed by atoms with Crippen molar-refractivity contribution in [3.8, 4) is 0 Å². The number of hydrogen-bond donors (Lipinski definition) is 0. The molecule has 2 rings (SSSR count). The number of amides is 2. The van der Waals surface area contributed by atoms with Crippen LogP contribution in [0.5, 0.6) is 0 Å². The third kappa shape index (κ3) is 2.76. The smallest absolute Gasteiger partial charge is 0.229 e. The zero-order chi connectivity index (χ0) is 14.3. The molecular weight excluding hydrogens is 260 g/mol. The highest BCUT2D eigenvalue weighted by molar-refractivity contribution is 8.00. The first-order valence-electron chi connectivity index (χ1n) is 6.98. The number of rotatable bonds is 0. The van der Waals surface area contributed by atoms with Gasteiger partial charge in [-0.25, -0.2) is 0 Å². The molecule has 19 heavy (non-hydrogen) atoms. The van der Waals surface area contributed by atoms with Crippen LogP contribution in [0.3, 0.4) is 0 Å². The summed E-state index contributed by atoms with van der Waals surface area (Å²) < 4.78 is 0. The molecule has 1 spiro atoms. The van der Waals surface area contributed by atoms with Crippen molar-refractivity contribution in [1.82, 2.24) is 9.80 Å². The van der Waals surface area contributed by atoms with Crippen molar-refractivity contribution in [3.05, 3.63) is 0 Å². The molecule has 5 heteroatoms. The summed E-state index contributed by atoms with van der Waals surface area (Å²) in [6.45, 7) is 9.86. The number of nitrogens with zero attached hydrogens (tertiary/aromatic N) is 2. The van der Waals surface area contributed by atoms with Crippen molar-refractivity contribution in [2.24, 2.45) is 5.41 Å². The highest BCUT2D eigenvalue weighted by Crippen LogP contribution is 2.44. The van der Waals surface area contributed by atoms with Crippen molar-refractivity contribution in [2.45, 2.75) is 45.4 Å². The second kappa shape index (κ2) is 5.00. The Hall–Kier alpha value is -0.710. The van der Waals surface area contributed by atoms with E-state index in [1.54, 1.807) is 6.92 Å². The van der Waals surface area contributed by atoms with Gasteiger partial charge in [0.2, 0.25) is 11.8 Å². The fourth-order valence-corrected chi connectivity index (χ4v) is 4.43. The first kappa shape index (κ1) is 14.7. The van der Waals surface area contributed by atoms with Gasteiger partial charge in [0.1, 0.15) is 4.87 Å². The summed E-state index contributed by atoms with van der Waals surface area (Å²) in [6.07, 6.45) is 1.99. The fraction of sp³-hybridized carbons (Fsp3) is 0.857. The zero-order valence-corrected chi connectivity index (χ0v) is 13.2. The van der Waals surface area contributed by atoms with Gasteiger partial charge >= 0.3 is 0 Å². The third-order valence-electron chi connectivity index (χ3n) is 3.94. The van der Waals surface area contributed by atoms with Crippen LogP contribution in [-0.4, -0.2) is 51.9 Å². The van der Waals surface area contributed by atoms with Crippen molar-refractivity contribution in [3.63, 3.8) is 0 Å². The lowest BCUT2D eigenvalue weighted by Crippen LogP contribution is -2.58. The Kier molecular flexibility index (Phi) is 3.87. The van der Waals surface area contributed by atoms with Crippen LogP contribution in [0.1, 0.15) is 40.5 Å². The Morgan fingerprint density at radius 3 is 2.47 bits per heavy atom. The maximum atomic E-state index is 12.6. The first-order valence-corrected chi connectivity index (χ1v) is 7.96. The summed E-state index contributed by atoms with van der Waals surface area (Å²) in [5.74, 6) is 1.31. The monoisotopic (exact) mass is 284 g/mol. The van der Waals surface area contributed by atoms with E-state index in [4.69, 9.17) is 0 Å². The molecule has 0 bridgehead atoms. The molecule has 1 atom stereocenters. The van der Waals surface area contributed by atoms with Crippen LogP contribution in [0.25, 0.3) is 0 Å². The van der Waals surface area contributed by atoms with Crippen LogP contribution >= 0.6 is 11.8 Å². The summed E-state index contributed by atoms with van der Waals surface area (Å²) in [5.41, 5.74) is -0.351. The fourth-order valence-electron chi connectivity index (χ4n) is 2.91. The Morgan fingerprint density at radius 2 is 1.89 bits per heavy atom. The molecule has 108 valence electrons. The molecule has 2 heterocycles. The summed E-state index contributed by atoms with van der Waals surface area (Å²) in [5, 5.41) is 0. The van der Waals surface area contributed by atoms with Crippen LogP contribution in [0, 0.1) is 5.41 Å². The second-order valence-corrected chi connectivity index (χ2v) is 8.00. The van der Waals surface area contributed by atoms with E-state index in [1.807, 2.05) is 42.3 Å². The molecular formula is C14H24N2O2S. The first-order chi connectivity index (χ1) is 8.76. The van der Waals surface area contributed by atoms with E-state index in [0.717, 1.165) is 31.7 Å². The van der Waals surface area contributed by atoms with Gasteiger partial charge in [0.15, 0.2) is 0 Å². The molecule has 2 saturated heterocycles. The Balaban J connectivity index is 2.21. The minimum atomic E-state index is -0.351. The maximum absolute atomic E-state index is 12.6. The number of likely N-dealkylation sites (tertiary alicyclic amines) is 1. The highest BCUT2D eigenvalue weighted by atomic mass is 32.2. The zero-order valence-electron chi connectivity index (χ0n) is 12.4. The van der Waals surface area contributed by atoms with E-state index in [2.05, 4.69) is 0 Å². The van der Waals surface area contributed by atoms with Gasteiger partial charge in [0.05, 0.1) is 6.54 Å². The molecule has 2 amide bonds. The SMILES string of the molecule is CC(=O)N1CCCC2(C1)SCCN2C(=O)C(C)(C)C. The number of carbonyl (C=O) groups is 2. The quantitative estimate of drug-likeness (QED) is 0.682. The molecule has 2 aliphatic rings. The van der Waals surface area contributed by atoms with Crippen molar-refractivity contribution in [1.29, 1.82) is 0 Å². The van der Waals surface area contributed by atoms with Crippen molar-refractivity contribution < 1.29 is 9.59 Å². The van der Waals surface area contributed by atoms with Gasteiger partial charge < -0.3 is 9.80 Å². The summed E-state index contributed by atoms with van der Waals surface area (Å²) in [7, 11) is 0. The average molecular weight is 284 g/mol. The third-order valence-corrected chi connectivity index (χ3v) is 5.42. The van der Waals surface area contributed by atoms with E-state index in [-0.39, 0.29) is 22.1 Å². The Labute approximate surface area is 119 Å². The average Bonchev–Trinajstić information content (AvgIpc) is 2.70. The summed E-state index contributed by atoms with van der Waals surface area (Å²) in [4.78, 5) is 28.0. The molecule has 4 nitrogen and oxygen atoms in total. The maximum Gasteiger partial charge on any atom is 0.229 e. The van der Waals surface area contributed by atoms with Gasteiger partial charge in [-0.05, 0) is 12.8 Å². The van der Waals surface area contributed by atoms with E-state index in [0.29, 0.717) is 6.54 Å². The van der Waals surface area contributed by atoms with E-state index < -0.39 is 0 Å². The number of thioether (sulfide) groups is 1. The van der Waals surface area contributed by atoms with Crippen LogP contribution in [0.15, 0.2) is 0 Å². The van der Waals surface area contributed by atoms with Gasteiger partial charge in [0.25, 0.3) is 0 Å². The van der Waals surface area contributed by atoms with Gasteiger partial charge in [0, 0.05) is 31.2 Å². The van der Waals surface area contributed by atoms with Gasteiger partial charge in [-0.1, -0.05) is 20.8 Å². The van der Waals surface area contributed by atoms with Gasteiger partial charge in [-0.3, -0.25) is 9.59 Å². The number of carbonyl (C=O) groups excluding carboxylic acids is 2. The van der Waals surface area contributed by atoms with Crippen LogP contribution in [-0.2, 0) is 9.59 Å². The molecule has 2 fully saturated rings. The topological polar surface area (TPSA) is 40.6 Å². The second-order valence-electron chi connectivity index (χ2n) is 6.55. The van der Waals surface area contributed by atoms with Crippen LogP contribution in [0.2, 0.25) is 0 Å². The van der Waals surface area contributed by atoms with Crippen LogP contribution < -0.4 is 0 Å². The van der Waals surface area contributed by atoms with Crippen molar-refractivity contribution in [2.75, 3.05) is 25.4 Å². The standard InChI is InChI=1S/C14H24N2O2S/c1-11(17)15-7-5-6-14(10-15)16(8-9-19-14)12(18)13(2,3)4/h5-10H2,1-4H3.